The van der Waals surface area contributed by atoms with E-state index < -0.39 is 6.10 Å². The molecule has 1 aromatic carbocycles. The Morgan fingerprint density at radius 1 is 1.05 bits per heavy atom. The Labute approximate surface area is 128 Å². The third-order valence-corrected chi connectivity index (χ3v) is 3.39. The van der Waals surface area contributed by atoms with Crippen LogP contribution in [0.2, 0.25) is 0 Å². The van der Waals surface area contributed by atoms with E-state index in [1.165, 1.54) is 0 Å². The lowest BCUT2D eigenvalue weighted by Crippen LogP contribution is -2.47. The number of aliphatic hydroxyl groups excluding tert-OH is 1. The number of carbonyl (C=O) groups is 1. The molecule has 0 aliphatic heterocycles. The smallest absolute Gasteiger partial charge is 0.241 e. The first-order valence-electron chi connectivity index (χ1n) is 7.62. The lowest BCUT2D eigenvalue weighted by molar-refractivity contribution is -0.120. The molecule has 0 heterocycles. The molecule has 0 bridgehead atoms. The summed E-state index contributed by atoms with van der Waals surface area (Å²) >= 11 is 0. The first-order chi connectivity index (χ1) is 9.82. The summed E-state index contributed by atoms with van der Waals surface area (Å²) in [6, 6.07) is 10.0. The van der Waals surface area contributed by atoms with E-state index in [1.807, 2.05) is 67.8 Å². The number of rotatable bonds is 7. The number of carbonyl (C=O) groups excluding carboxylic acids is 1. The van der Waals surface area contributed by atoms with E-state index in [0.717, 1.165) is 5.69 Å². The highest BCUT2D eigenvalue weighted by Crippen LogP contribution is 2.17. The van der Waals surface area contributed by atoms with Crippen LogP contribution >= 0.6 is 0 Å². The second-order valence-corrected chi connectivity index (χ2v) is 6.07. The van der Waals surface area contributed by atoms with Crippen molar-refractivity contribution in [1.82, 2.24) is 4.90 Å². The molecule has 0 aliphatic rings. The molecule has 1 atom stereocenters. The van der Waals surface area contributed by atoms with Crippen LogP contribution in [0.15, 0.2) is 30.3 Å². The van der Waals surface area contributed by atoms with Crippen LogP contribution in [0.3, 0.4) is 0 Å². The summed E-state index contributed by atoms with van der Waals surface area (Å²) < 4.78 is 0. The predicted molar refractivity (Wildman–Crippen MR) is 87.5 cm³/mol. The van der Waals surface area contributed by atoms with Gasteiger partial charge in [-0.1, -0.05) is 18.2 Å². The Bertz CT molecular complexity index is 430. The van der Waals surface area contributed by atoms with Crippen molar-refractivity contribution in [2.45, 2.75) is 52.8 Å². The van der Waals surface area contributed by atoms with Crippen molar-refractivity contribution in [3.05, 3.63) is 30.3 Å². The molecule has 1 unspecified atom stereocenters. The van der Waals surface area contributed by atoms with Crippen molar-refractivity contribution in [2.24, 2.45) is 0 Å². The number of anilines is 1. The van der Waals surface area contributed by atoms with Gasteiger partial charge in [0.25, 0.3) is 0 Å². The van der Waals surface area contributed by atoms with Crippen molar-refractivity contribution < 1.29 is 9.90 Å². The lowest BCUT2D eigenvalue weighted by atomic mass is 10.2. The second kappa shape index (κ2) is 8.15. The molecular weight excluding hydrogens is 264 g/mol. The summed E-state index contributed by atoms with van der Waals surface area (Å²) in [5, 5.41) is 9.58. The first kappa shape index (κ1) is 17.7. The molecule has 0 aliphatic carbocycles. The van der Waals surface area contributed by atoms with E-state index in [2.05, 4.69) is 0 Å². The van der Waals surface area contributed by atoms with E-state index in [1.54, 1.807) is 6.92 Å². The van der Waals surface area contributed by atoms with Crippen molar-refractivity contribution >= 4 is 11.6 Å². The van der Waals surface area contributed by atoms with Crippen LogP contribution in [0.4, 0.5) is 5.69 Å². The van der Waals surface area contributed by atoms with Gasteiger partial charge in [0.2, 0.25) is 5.91 Å². The number of amides is 1. The molecule has 0 spiro atoms. The maximum absolute atomic E-state index is 12.7. The monoisotopic (exact) mass is 292 g/mol. The maximum atomic E-state index is 12.7. The van der Waals surface area contributed by atoms with Gasteiger partial charge in [-0.05, 0) is 46.8 Å². The van der Waals surface area contributed by atoms with Crippen LogP contribution < -0.4 is 4.90 Å². The van der Waals surface area contributed by atoms with Gasteiger partial charge in [0, 0.05) is 24.3 Å². The minimum atomic E-state index is -0.440. The number of aliphatic hydroxyl groups is 1. The van der Waals surface area contributed by atoms with Crippen molar-refractivity contribution in [3.8, 4) is 0 Å². The summed E-state index contributed by atoms with van der Waals surface area (Å²) in [5.41, 5.74) is 0.915. The van der Waals surface area contributed by atoms with Crippen LogP contribution in [-0.2, 0) is 4.79 Å². The molecular formula is C17H28N2O2. The maximum Gasteiger partial charge on any atom is 0.241 e. The van der Waals surface area contributed by atoms with Crippen LogP contribution in [0.25, 0.3) is 0 Å². The van der Waals surface area contributed by atoms with E-state index in [9.17, 15) is 9.90 Å². The van der Waals surface area contributed by atoms with Gasteiger partial charge < -0.3 is 10.0 Å². The number of benzene rings is 1. The van der Waals surface area contributed by atoms with Gasteiger partial charge in [0.15, 0.2) is 0 Å². The molecule has 118 valence electrons. The Morgan fingerprint density at radius 2 is 1.62 bits per heavy atom. The lowest BCUT2D eigenvalue weighted by Gasteiger charge is -2.32. The molecule has 21 heavy (non-hydrogen) atoms. The van der Waals surface area contributed by atoms with Gasteiger partial charge in [0.1, 0.15) is 0 Å². The van der Waals surface area contributed by atoms with Crippen LogP contribution in [0.5, 0.6) is 0 Å². The molecule has 1 aromatic rings. The molecule has 1 rings (SSSR count). The minimum absolute atomic E-state index is 0.0607. The van der Waals surface area contributed by atoms with Crippen molar-refractivity contribution in [3.63, 3.8) is 0 Å². The number of nitrogens with zero attached hydrogens (tertiary/aromatic N) is 2. The van der Waals surface area contributed by atoms with E-state index in [4.69, 9.17) is 0 Å². The van der Waals surface area contributed by atoms with Crippen molar-refractivity contribution in [1.29, 1.82) is 0 Å². The van der Waals surface area contributed by atoms with Crippen LogP contribution in [0.1, 0.15) is 34.6 Å². The average molecular weight is 292 g/mol. The third-order valence-electron chi connectivity index (χ3n) is 3.39. The molecule has 1 N–H and O–H groups in total. The van der Waals surface area contributed by atoms with Crippen LogP contribution in [0, 0.1) is 0 Å². The predicted octanol–water partition coefficient (Wildman–Crippen LogP) is 2.52. The summed E-state index contributed by atoms with van der Waals surface area (Å²) in [5.74, 6) is 0.0607. The number of hydrogen-bond donors (Lipinski definition) is 1. The zero-order valence-corrected chi connectivity index (χ0v) is 13.8. The van der Waals surface area contributed by atoms with E-state index >= 15 is 0 Å². The second-order valence-electron chi connectivity index (χ2n) is 6.07. The van der Waals surface area contributed by atoms with Gasteiger partial charge in [-0.15, -0.1) is 0 Å². The van der Waals surface area contributed by atoms with Gasteiger partial charge in [-0.2, -0.15) is 0 Å². The fraction of sp³-hybridized carbons (Fsp3) is 0.588. The Hall–Kier alpha value is -1.39. The van der Waals surface area contributed by atoms with Gasteiger partial charge in [0.05, 0.1) is 12.6 Å². The Balaban J connectivity index is 2.86. The highest BCUT2D eigenvalue weighted by Gasteiger charge is 2.23. The van der Waals surface area contributed by atoms with Gasteiger partial charge >= 0.3 is 0 Å². The minimum Gasteiger partial charge on any atom is -0.392 e. The normalized spacial score (nSPS) is 13.0. The summed E-state index contributed by atoms with van der Waals surface area (Å²) in [7, 11) is 0. The average Bonchev–Trinajstić information content (AvgIpc) is 2.38. The molecule has 0 saturated carbocycles. The summed E-state index contributed by atoms with van der Waals surface area (Å²) in [4.78, 5) is 16.5. The molecule has 0 aromatic heterocycles. The Morgan fingerprint density at radius 3 is 2.05 bits per heavy atom. The number of hydrogen-bond acceptors (Lipinski definition) is 3. The molecule has 0 radical (unpaired) electrons. The topological polar surface area (TPSA) is 43.8 Å². The van der Waals surface area contributed by atoms with Crippen LogP contribution in [-0.4, -0.2) is 47.2 Å². The standard InChI is InChI=1S/C17H28N2O2/c1-13(2)18(11-15(5)20)12-17(21)19(14(3)4)16-9-7-6-8-10-16/h6-10,13-15,20H,11-12H2,1-5H3. The molecule has 0 saturated heterocycles. The highest BCUT2D eigenvalue weighted by molar-refractivity contribution is 5.95. The molecule has 0 fully saturated rings. The largest absolute Gasteiger partial charge is 0.392 e. The number of para-hydroxylation sites is 1. The third kappa shape index (κ3) is 5.48. The summed E-state index contributed by atoms with van der Waals surface area (Å²) in [6.07, 6.45) is -0.440. The van der Waals surface area contributed by atoms with Gasteiger partial charge in [-0.3, -0.25) is 9.69 Å². The zero-order chi connectivity index (χ0) is 16.0. The first-order valence-corrected chi connectivity index (χ1v) is 7.62. The fourth-order valence-electron chi connectivity index (χ4n) is 2.37. The van der Waals surface area contributed by atoms with Crippen molar-refractivity contribution in [2.75, 3.05) is 18.0 Å². The fourth-order valence-corrected chi connectivity index (χ4v) is 2.37. The molecule has 4 heteroatoms. The molecule has 4 nitrogen and oxygen atoms in total. The van der Waals surface area contributed by atoms with E-state index in [-0.39, 0.29) is 18.0 Å². The highest BCUT2D eigenvalue weighted by atomic mass is 16.3. The summed E-state index contributed by atoms with van der Waals surface area (Å²) in [6.45, 7) is 10.7. The molecule has 1 amide bonds. The quantitative estimate of drug-likeness (QED) is 0.840. The van der Waals surface area contributed by atoms with Gasteiger partial charge in [-0.25, -0.2) is 0 Å². The van der Waals surface area contributed by atoms with E-state index in [0.29, 0.717) is 13.1 Å². The zero-order valence-electron chi connectivity index (χ0n) is 13.8. The Kier molecular flexibility index (Phi) is 6.85. The SMILES string of the molecule is CC(O)CN(CC(=O)N(c1ccccc1)C(C)C)C(C)C.